The quantitative estimate of drug-likeness (QED) is 0.491. The van der Waals surface area contributed by atoms with Gasteiger partial charge in [-0.1, -0.05) is 24.3 Å². The number of halogens is 1. The van der Waals surface area contributed by atoms with Crippen LogP contribution in [0.4, 0.5) is 4.39 Å². The highest BCUT2D eigenvalue weighted by atomic mass is 19.1. The molecule has 1 unspecified atom stereocenters. The van der Waals surface area contributed by atoms with E-state index in [0.717, 1.165) is 16.9 Å². The fraction of sp³-hybridized carbons (Fsp3) is 0.381. The van der Waals surface area contributed by atoms with Crippen LogP contribution in [0.2, 0.25) is 0 Å². The molecule has 0 radical (unpaired) electrons. The highest BCUT2D eigenvalue weighted by Crippen LogP contribution is 2.21. The minimum Gasteiger partial charge on any atom is -0.494 e. The van der Waals surface area contributed by atoms with Gasteiger partial charge in [-0.3, -0.25) is 0 Å². The summed E-state index contributed by atoms with van der Waals surface area (Å²) in [6.45, 7) is 7.98. The van der Waals surface area contributed by atoms with E-state index in [1.807, 2.05) is 39.0 Å². The number of nitrogens with one attached hydrogen (secondary N) is 2. The molecule has 0 bridgehead atoms. The van der Waals surface area contributed by atoms with Crippen LogP contribution in [-0.4, -0.2) is 30.8 Å². The Morgan fingerprint density at radius 3 is 2.56 bits per heavy atom. The number of aliphatic hydroxyl groups excluding tert-OH is 1. The monoisotopic (exact) mass is 373 g/mol. The Bertz CT molecular complexity index is 748. The van der Waals surface area contributed by atoms with E-state index >= 15 is 0 Å². The van der Waals surface area contributed by atoms with E-state index < -0.39 is 6.10 Å². The van der Waals surface area contributed by atoms with E-state index in [0.29, 0.717) is 31.2 Å². The highest BCUT2D eigenvalue weighted by molar-refractivity contribution is 5.79. The van der Waals surface area contributed by atoms with Gasteiger partial charge in [-0.15, -0.1) is 0 Å². The van der Waals surface area contributed by atoms with Crippen LogP contribution in [0.15, 0.2) is 47.5 Å². The zero-order valence-corrected chi connectivity index (χ0v) is 16.1. The van der Waals surface area contributed by atoms with Crippen molar-refractivity contribution in [3.05, 3.63) is 65.0 Å². The van der Waals surface area contributed by atoms with Gasteiger partial charge in [-0.2, -0.15) is 0 Å². The molecule has 1 atom stereocenters. The molecular weight excluding hydrogens is 345 g/mol. The number of hydrogen-bond donors (Lipinski definition) is 3. The lowest BCUT2D eigenvalue weighted by Crippen LogP contribution is -2.39. The summed E-state index contributed by atoms with van der Waals surface area (Å²) in [7, 11) is 0. The smallest absolute Gasteiger partial charge is 0.191 e. The van der Waals surface area contributed by atoms with E-state index in [-0.39, 0.29) is 12.4 Å². The Kier molecular flexibility index (Phi) is 8.07. The first-order valence-corrected chi connectivity index (χ1v) is 9.21. The maximum absolute atomic E-state index is 13.0. The molecule has 0 aromatic heterocycles. The van der Waals surface area contributed by atoms with E-state index in [1.165, 1.54) is 12.1 Å². The predicted octanol–water partition coefficient (Wildman–Crippen LogP) is 3.32. The van der Waals surface area contributed by atoms with Crippen molar-refractivity contribution in [1.29, 1.82) is 0 Å². The topological polar surface area (TPSA) is 65.9 Å². The molecule has 0 saturated carbocycles. The molecule has 0 fully saturated rings. The summed E-state index contributed by atoms with van der Waals surface area (Å²) in [5.74, 6) is 1.11. The molecule has 2 rings (SSSR count). The molecule has 0 aliphatic heterocycles. The summed E-state index contributed by atoms with van der Waals surface area (Å²) in [6, 6.07) is 11.9. The summed E-state index contributed by atoms with van der Waals surface area (Å²) in [6.07, 6.45) is -0.757. The summed E-state index contributed by atoms with van der Waals surface area (Å²) in [5, 5.41) is 16.6. The third-order valence-corrected chi connectivity index (χ3v) is 3.99. The predicted molar refractivity (Wildman–Crippen MR) is 107 cm³/mol. The van der Waals surface area contributed by atoms with E-state index in [2.05, 4.69) is 15.6 Å². The largest absolute Gasteiger partial charge is 0.494 e. The van der Waals surface area contributed by atoms with Gasteiger partial charge in [0.05, 0.1) is 19.3 Å². The van der Waals surface area contributed by atoms with Gasteiger partial charge in [0, 0.05) is 18.7 Å². The molecule has 0 saturated heterocycles. The van der Waals surface area contributed by atoms with E-state index in [1.54, 1.807) is 12.1 Å². The Labute approximate surface area is 160 Å². The summed E-state index contributed by atoms with van der Waals surface area (Å²) in [4.78, 5) is 4.58. The van der Waals surface area contributed by atoms with Crippen molar-refractivity contribution in [3.63, 3.8) is 0 Å². The first kappa shape index (κ1) is 20.7. The first-order valence-electron chi connectivity index (χ1n) is 9.21. The average molecular weight is 373 g/mol. The molecule has 0 spiro atoms. The number of aliphatic imine (C=N–C) groups is 1. The van der Waals surface area contributed by atoms with Gasteiger partial charge in [-0.05, 0) is 50.1 Å². The number of aryl methyl sites for hydroxylation is 1. The van der Waals surface area contributed by atoms with Gasteiger partial charge in [0.1, 0.15) is 11.6 Å². The van der Waals surface area contributed by atoms with Crippen molar-refractivity contribution in [1.82, 2.24) is 10.6 Å². The van der Waals surface area contributed by atoms with Crippen molar-refractivity contribution in [2.24, 2.45) is 4.99 Å². The molecule has 3 N–H and O–H groups in total. The maximum Gasteiger partial charge on any atom is 0.191 e. The number of benzene rings is 2. The van der Waals surface area contributed by atoms with Gasteiger partial charge in [0.15, 0.2) is 5.96 Å². The van der Waals surface area contributed by atoms with Gasteiger partial charge in [0.25, 0.3) is 0 Å². The van der Waals surface area contributed by atoms with Crippen LogP contribution in [0.5, 0.6) is 5.75 Å². The number of rotatable bonds is 8. The second-order valence-electron chi connectivity index (χ2n) is 6.19. The summed E-state index contributed by atoms with van der Waals surface area (Å²) >= 11 is 0. The Hall–Kier alpha value is -2.60. The van der Waals surface area contributed by atoms with Crippen LogP contribution in [0, 0.1) is 12.7 Å². The fourth-order valence-electron chi connectivity index (χ4n) is 2.58. The molecule has 0 amide bonds. The zero-order valence-electron chi connectivity index (χ0n) is 16.1. The lowest BCUT2D eigenvalue weighted by atomic mass is 10.1. The van der Waals surface area contributed by atoms with E-state index in [9.17, 15) is 9.50 Å². The lowest BCUT2D eigenvalue weighted by Gasteiger charge is -2.16. The second kappa shape index (κ2) is 10.5. The zero-order chi connectivity index (χ0) is 19.6. The van der Waals surface area contributed by atoms with Crippen LogP contribution in [0.3, 0.4) is 0 Å². The molecule has 2 aromatic carbocycles. The molecule has 27 heavy (non-hydrogen) atoms. The van der Waals surface area contributed by atoms with Crippen molar-refractivity contribution >= 4 is 5.96 Å². The second-order valence-corrected chi connectivity index (χ2v) is 6.19. The number of nitrogens with zero attached hydrogens (tertiary/aromatic N) is 1. The van der Waals surface area contributed by atoms with E-state index in [4.69, 9.17) is 4.74 Å². The fourth-order valence-corrected chi connectivity index (χ4v) is 2.58. The van der Waals surface area contributed by atoms with Crippen LogP contribution in [0.25, 0.3) is 0 Å². The van der Waals surface area contributed by atoms with Crippen LogP contribution in [-0.2, 0) is 6.54 Å². The summed E-state index contributed by atoms with van der Waals surface area (Å²) in [5.41, 5.74) is 2.79. The summed E-state index contributed by atoms with van der Waals surface area (Å²) < 4.78 is 18.7. The van der Waals surface area contributed by atoms with Crippen LogP contribution >= 0.6 is 0 Å². The third kappa shape index (κ3) is 6.57. The Morgan fingerprint density at radius 1 is 1.15 bits per heavy atom. The Balaban J connectivity index is 2.02. The SMILES string of the molecule is CCNC(=NCc1ccc(C)cc1OCC)NCC(O)c1ccc(F)cc1. The van der Waals surface area contributed by atoms with Crippen LogP contribution in [0.1, 0.15) is 36.6 Å². The van der Waals surface area contributed by atoms with Crippen LogP contribution < -0.4 is 15.4 Å². The third-order valence-electron chi connectivity index (χ3n) is 3.99. The average Bonchev–Trinajstić information content (AvgIpc) is 2.65. The molecule has 0 heterocycles. The van der Waals surface area contributed by atoms with Crippen molar-refractivity contribution < 1.29 is 14.2 Å². The number of ether oxygens (including phenoxy) is 1. The number of guanidine groups is 1. The highest BCUT2D eigenvalue weighted by Gasteiger charge is 2.09. The Morgan fingerprint density at radius 2 is 1.89 bits per heavy atom. The number of hydrogen-bond acceptors (Lipinski definition) is 3. The van der Waals surface area contributed by atoms with Crippen molar-refractivity contribution in [3.8, 4) is 5.75 Å². The molecule has 5 nitrogen and oxygen atoms in total. The van der Waals surface area contributed by atoms with Crippen molar-refractivity contribution in [2.75, 3.05) is 19.7 Å². The minimum atomic E-state index is -0.757. The molecule has 146 valence electrons. The molecule has 0 aliphatic carbocycles. The molecule has 2 aromatic rings. The normalized spacial score (nSPS) is 12.6. The molecule has 6 heteroatoms. The maximum atomic E-state index is 13.0. The first-order chi connectivity index (χ1) is 13.0. The van der Waals surface area contributed by atoms with Crippen molar-refractivity contribution in [2.45, 2.75) is 33.4 Å². The molecular formula is C21H28FN3O2. The lowest BCUT2D eigenvalue weighted by molar-refractivity contribution is 0.180. The molecule has 0 aliphatic rings. The van der Waals surface area contributed by atoms with Gasteiger partial charge < -0.3 is 20.5 Å². The number of aliphatic hydroxyl groups is 1. The standard InChI is InChI=1S/C21H28FN3O2/c1-4-23-21(25-14-19(26)16-8-10-18(22)11-9-16)24-13-17-7-6-15(3)12-20(17)27-5-2/h6-12,19,26H,4-5,13-14H2,1-3H3,(H2,23,24,25). The minimum absolute atomic E-state index is 0.268. The van der Waals surface area contributed by atoms with Gasteiger partial charge in [-0.25, -0.2) is 9.38 Å². The van der Waals surface area contributed by atoms with Gasteiger partial charge in [0.2, 0.25) is 0 Å². The van der Waals surface area contributed by atoms with Gasteiger partial charge >= 0.3 is 0 Å².